The van der Waals surface area contributed by atoms with Crippen LogP contribution in [-0.2, 0) is 9.59 Å². The molecule has 1 aromatic carbocycles. The number of carbonyl (C=O) groups excluding carboxylic acids is 2. The summed E-state index contributed by atoms with van der Waals surface area (Å²) in [5.74, 6) is 0. The fourth-order valence-electron chi connectivity index (χ4n) is 0.760. The molecule has 0 spiro atoms. The molecule has 0 bridgehead atoms. The number of carbonyl (C=O) groups is 2. The number of nitrogens with zero attached hydrogens (tertiary/aromatic N) is 1. The Morgan fingerprint density at radius 2 is 1.58 bits per heavy atom. The highest BCUT2D eigenvalue weighted by Gasteiger charge is 2.01. The summed E-state index contributed by atoms with van der Waals surface area (Å²) in [7, 11) is 0. The van der Waals surface area contributed by atoms with Crippen LogP contribution in [0.25, 0.3) is 0 Å². The number of benzene rings is 1. The van der Waals surface area contributed by atoms with Gasteiger partial charge < -0.3 is 0 Å². The third kappa shape index (κ3) is 1.83. The Bertz CT molecular complexity index is 276. The van der Waals surface area contributed by atoms with Crippen LogP contribution in [0.2, 0.25) is 5.02 Å². The van der Waals surface area contributed by atoms with Crippen molar-refractivity contribution in [3.8, 4) is 0 Å². The number of rotatable bonds is 3. The van der Waals surface area contributed by atoms with Crippen molar-refractivity contribution >= 4 is 30.1 Å². The quantitative estimate of drug-likeness (QED) is 0.666. The molecule has 0 aromatic heterocycles. The number of hydrogen-bond acceptors (Lipinski definition) is 2. The van der Waals surface area contributed by atoms with E-state index in [4.69, 9.17) is 11.6 Å². The molecule has 0 saturated heterocycles. The van der Waals surface area contributed by atoms with E-state index in [1.54, 1.807) is 24.3 Å². The van der Waals surface area contributed by atoms with Gasteiger partial charge in [0, 0.05) is 5.02 Å². The van der Waals surface area contributed by atoms with Gasteiger partial charge in [0.25, 0.3) is 0 Å². The molecule has 2 amide bonds. The van der Waals surface area contributed by atoms with Crippen LogP contribution in [0.1, 0.15) is 0 Å². The summed E-state index contributed by atoms with van der Waals surface area (Å²) in [5, 5.41) is 0.565. The second-order valence-corrected chi connectivity index (χ2v) is 2.53. The third-order valence-electron chi connectivity index (χ3n) is 1.35. The highest BCUT2D eigenvalue weighted by atomic mass is 35.5. The largest absolute Gasteiger partial charge is 0.278 e. The van der Waals surface area contributed by atoms with E-state index in [0.29, 0.717) is 23.5 Å². The maximum Gasteiger partial charge on any atom is 0.220 e. The summed E-state index contributed by atoms with van der Waals surface area (Å²) in [4.78, 5) is 21.5. The van der Waals surface area contributed by atoms with Crippen LogP contribution < -0.4 is 4.90 Å². The van der Waals surface area contributed by atoms with Gasteiger partial charge in [-0.05, 0) is 24.3 Å². The lowest BCUT2D eigenvalue weighted by molar-refractivity contribution is -0.113. The number of imide groups is 1. The maximum absolute atomic E-state index is 10.3. The van der Waals surface area contributed by atoms with Crippen molar-refractivity contribution in [3.05, 3.63) is 29.3 Å². The first-order valence-electron chi connectivity index (χ1n) is 3.22. The predicted octanol–water partition coefficient (Wildman–Crippen LogP) is 1.46. The molecule has 0 heterocycles. The van der Waals surface area contributed by atoms with E-state index in [2.05, 4.69) is 0 Å². The van der Waals surface area contributed by atoms with Gasteiger partial charge in [-0.1, -0.05) is 11.6 Å². The van der Waals surface area contributed by atoms with Crippen molar-refractivity contribution in [1.82, 2.24) is 0 Å². The second-order valence-electron chi connectivity index (χ2n) is 2.09. The van der Waals surface area contributed by atoms with Gasteiger partial charge in [-0.2, -0.15) is 0 Å². The molecule has 0 aliphatic rings. The maximum atomic E-state index is 10.3. The molecule has 1 rings (SSSR count). The van der Waals surface area contributed by atoms with Gasteiger partial charge in [-0.3, -0.25) is 14.5 Å². The van der Waals surface area contributed by atoms with E-state index >= 15 is 0 Å². The molecular weight excluding hydrogens is 178 g/mol. The summed E-state index contributed by atoms with van der Waals surface area (Å²) in [6.07, 6.45) is 0.881. The van der Waals surface area contributed by atoms with Crippen molar-refractivity contribution < 1.29 is 9.59 Å². The van der Waals surface area contributed by atoms with Crippen molar-refractivity contribution in [2.24, 2.45) is 0 Å². The topological polar surface area (TPSA) is 37.4 Å². The molecule has 12 heavy (non-hydrogen) atoms. The zero-order valence-corrected chi connectivity index (χ0v) is 6.86. The van der Waals surface area contributed by atoms with E-state index in [-0.39, 0.29) is 0 Å². The van der Waals surface area contributed by atoms with Gasteiger partial charge in [-0.25, -0.2) is 0 Å². The van der Waals surface area contributed by atoms with Crippen LogP contribution in [0.5, 0.6) is 0 Å². The summed E-state index contributed by atoms with van der Waals surface area (Å²) < 4.78 is 0. The van der Waals surface area contributed by atoms with Crippen molar-refractivity contribution in [1.29, 1.82) is 0 Å². The number of halogens is 1. The Hall–Kier alpha value is -1.35. The van der Waals surface area contributed by atoms with Crippen LogP contribution in [0.15, 0.2) is 24.3 Å². The minimum Gasteiger partial charge on any atom is -0.278 e. The lowest BCUT2D eigenvalue weighted by Crippen LogP contribution is -2.17. The average molecular weight is 184 g/mol. The van der Waals surface area contributed by atoms with E-state index in [9.17, 15) is 9.59 Å². The third-order valence-corrected chi connectivity index (χ3v) is 1.60. The molecule has 0 radical (unpaired) electrons. The first-order valence-corrected chi connectivity index (χ1v) is 3.60. The Labute approximate surface area is 74.5 Å². The summed E-state index contributed by atoms with van der Waals surface area (Å²) in [6, 6.07) is 6.39. The van der Waals surface area contributed by atoms with Crippen molar-refractivity contribution in [3.63, 3.8) is 0 Å². The highest BCUT2D eigenvalue weighted by Crippen LogP contribution is 2.15. The van der Waals surface area contributed by atoms with Gasteiger partial charge in [0.05, 0.1) is 5.69 Å². The molecule has 0 aliphatic heterocycles. The van der Waals surface area contributed by atoms with Crippen LogP contribution in [0.3, 0.4) is 0 Å². The Morgan fingerprint density at radius 3 is 2.00 bits per heavy atom. The molecule has 0 saturated carbocycles. The Morgan fingerprint density at radius 1 is 1.08 bits per heavy atom. The van der Waals surface area contributed by atoms with Gasteiger partial charge in [0.1, 0.15) is 0 Å². The monoisotopic (exact) mass is 183 g/mol. The van der Waals surface area contributed by atoms with E-state index in [1.807, 2.05) is 0 Å². The zero-order valence-electron chi connectivity index (χ0n) is 6.11. The standard InChI is InChI=1S/C8H6ClNO2/c9-7-1-3-8(4-2-7)10(5-11)6-12/h1-6H. The molecular formula is C8H6ClNO2. The molecule has 0 N–H and O–H groups in total. The highest BCUT2D eigenvalue weighted by molar-refractivity contribution is 6.30. The number of anilines is 1. The van der Waals surface area contributed by atoms with Crippen molar-refractivity contribution in [2.75, 3.05) is 4.90 Å². The Kier molecular flexibility index (Phi) is 2.82. The van der Waals surface area contributed by atoms with Gasteiger partial charge in [0.15, 0.2) is 0 Å². The van der Waals surface area contributed by atoms with Crippen LogP contribution in [0.4, 0.5) is 5.69 Å². The summed E-state index contributed by atoms with van der Waals surface area (Å²) in [5.41, 5.74) is 0.504. The first kappa shape index (κ1) is 8.74. The molecule has 0 atom stereocenters. The van der Waals surface area contributed by atoms with Crippen molar-refractivity contribution in [2.45, 2.75) is 0 Å². The van der Waals surface area contributed by atoms with Gasteiger partial charge >= 0.3 is 0 Å². The second kappa shape index (κ2) is 3.88. The first-order chi connectivity index (χ1) is 5.77. The van der Waals surface area contributed by atoms with Gasteiger partial charge in [0.2, 0.25) is 12.8 Å². The molecule has 0 unspecified atom stereocenters. The zero-order chi connectivity index (χ0) is 8.97. The number of amides is 2. The lowest BCUT2D eigenvalue weighted by Gasteiger charge is -2.07. The normalized spacial score (nSPS) is 9.08. The van der Waals surface area contributed by atoms with E-state index in [0.717, 1.165) is 4.90 Å². The SMILES string of the molecule is O=CN(C=O)c1ccc(Cl)cc1. The minimum absolute atomic E-state index is 0.441. The molecule has 0 aliphatic carbocycles. The predicted molar refractivity (Wildman–Crippen MR) is 46.1 cm³/mol. The van der Waals surface area contributed by atoms with Crippen LogP contribution >= 0.6 is 11.6 Å². The average Bonchev–Trinajstić information content (AvgIpc) is 2.10. The fraction of sp³-hybridized carbons (Fsp3) is 0. The van der Waals surface area contributed by atoms with Gasteiger partial charge in [-0.15, -0.1) is 0 Å². The minimum atomic E-state index is 0.441. The van der Waals surface area contributed by atoms with E-state index < -0.39 is 0 Å². The molecule has 62 valence electrons. The lowest BCUT2D eigenvalue weighted by atomic mass is 10.3. The fourth-order valence-corrected chi connectivity index (χ4v) is 0.886. The van der Waals surface area contributed by atoms with Crippen LogP contribution in [-0.4, -0.2) is 12.8 Å². The van der Waals surface area contributed by atoms with Crippen LogP contribution in [0, 0.1) is 0 Å². The summed E-state index contributed by atoms with van der Waals surface area (Å²) in [6.45, 7) is 0. The number of hydrogen-bond donors (Lipinski definition) is 0. The smallest absolute Gasteiger partial charge is 0.220 e. The summed E-state index contributed by atoms with van der Waals surface area (Å²) >= 11 is 5.61. The Balaban J connectivity index is 2.94. The van der Waals surface area contributed by atoms with E-state index in [1.165, 1.54) is 0 Å². The molecule has 0 fully saturated rings. The molecule has 3 nitrogen and oxygen atoms in total. The molecule has 1 aromatic rings. The molecule has 4 heteroatoms.